The summed E-state index contributed by atoms with van der Waals surface area (Å²) in [4.78, 5) is 6.06. The minimum Gasteiger partial charge on any atom is -0.381 e. The molecule has 2 heterocycles. The van der Waals surface area contributed by atoms with Crippen molar-refractivity contribution in [2.75, 3.05) is 13.2 Å². The van der Waals surface area contributed by atoms with Gasteiger partial charge in [-0.25, -0.2) is 4.98 Å². The molecule has 0 aliphatic carbocycles. The average molecular weight is 254 g/mol. The van der Waals surface area contributed by atoms with E-state index in [1.165, 1.54) is 10.6 Å². The predicted molar refractivity (Wildman–Crippen MR) is 71.3 cm³/mol. The normalized spacial score (nSPS) is 23.9. The van der Waals surface area contributed by atoms with Crippen molar-refractivity contribution >= 4 is 11.3 Å². The molecule has 96 valence electrons. The zero-order chi connectivity index (χ0) is 12.5. The number of thiazole rings is 1. The number of nitrogens with zero attached hydrogens (tertiary/aromatic N) is 1. The van der Waals surface area contributed by atoms with E-state index in [9.17, 15) is 0 Å². The van der Waals surface area contributed by atoms with E-state index in [0.717, 1.165) is 37.5 Å². The Labute approximate surface area is 107 Å². The highest BCUT2D eigenvalue weighted by Crippen LogP contribution is 2.38. The first kappa shape index (κ1) is 13.0. The summed E-state index contributed by atoms with van der Waals surface area (Å²) >= 11 is 1.77. The molecule has 2 N–H and O–H groups in total. The molecule has 0 spiro atoms. The van der Waals surface area contributed by atoms with Crippen molar-refractivity contribution in [2.45, 2.75) is 45.6 Å². The molecule has 0 radical (unpaired) electrons. The fourth-order valence-corrected chi connectivity index (χ4v) is 3.77. The van der Waals surface area contributed by atoms with Crippen LogP contribution in [0.1, 0.15) is 42.3 Å². The molecule has 1 aromatic rings. The van der Waals surface area contributed by atoms with Gasteiger partial charge < -0.3 is 10.5 Å². The van der Waals surface area contributed by atoms with Crippen LogP contribution in [-0.4, -0.2) is 18.2 Å². The summed E-state index contributed by atoms with van der Waals surface area (Å²) in [5, 5.41) is 1.10. The van der Waals surface area contributed by atoms with E-state index in [1.807, 2.05) is 0 Å². The van der Waals surface area contributed by atoms with Crippen molar-refractivity contribution in [1.29, 1.82) is 0 Å². The first-order chi connectivity index (χ1) is 8.11. The summed E-state index contributed by atoms with van der Waals surface area (Å²) in [7, 11) is 0. The van der Waals surface area contributed by atoms with Gasteiger partial charge in [0.05, 0.1) is 17.8 Å². The maximum Gasteiger partial charge on any atom is 0.113 e. The Morgan fingerprint density at radius 3 is 2.76 bits per heavy atom. The summed E-state index contributed by atoms with van der Waals surface area (Å²) in [5.41, 5.74) is 7.54. The molecule has 1 fully saturated rings. The van der Waals surface area contributed by atoms with E-state index in [1.54, 1.807) is 11.3 Å². The molecule has 1 aliphatic heterocycles. The highest BCUT2D eigenvalue weighted by molar-refractivity contribution is 7.11. The maximum atomic E-state index is 6.63. The van der Waals surface area contributed by atoms with Crippen LogP contribution in [0.25, 0.3) is 0 Å². The van der Waals surface area contributed by atoms with Crippen LogP contribution >= 0.6 is 11.3 Å². The lowest BCUT2D eigenvalue weighted by Crippen LogP contribution is -2.44. The van der Waals surface area contributed by atoms with E-state index in [4.69, 9.17) is 15.5 Å². The summed E-state index contributed by atoms with van der Waals surface area (Å²) in [6, 6.07) is 0. The van der Waals surface area contributed by atoms with Crippen LogP contribution in [0, 0.1) is 12.8 Å². The third kappa shape index (κ3) is 2.26. The Balaban J connectivity index is 2.32. The molecule has 1 aliphatic rings. The molecule has 3 nitrogen and oxygen atoms in total. The Bertz CT molecular complexity index is 385. The number of hydrogen-bond donors (Lipinski definition) is 1. The fraction of sp³-hybridized carbons (Fsp3) is 0.769. The summed E-state index contributed by atoms with van der Waals surface area (Å²) < 4.78 is 5.49. The lowest BCUT2D eigenvalue weighted by atomic mass is 9.82. The van der Waals surface area contributed by atoms with E-state index in [2.05, 4.69) is 20.8 Å². The Morgan fingerprint density at radius 1 is 1.53 bits per heavy atom. The van der Waals surface area contributed by atoms with Gasteiger partial charge in [0, 0.05) is 17.4 Å². The first-order valence-corrected chi connectivity index (χ1v) is 7.26. The SMILES string of the molecule is CCc1nc(C(N)(CC)C2CCOC2)sc1C. The fourth-order valence-electron chi connectivity index (χ4n) is 2.51. The third-order valence-electron chi connectivity index (χ3n) is 3.87. The Morgan fingerprint density at radius 2 is 2.29 bits per heavy atom. The molecular formula is C13H22N2OS. The van der Waals surface area contributed by atoms with Gasteiger partial charge in [-0.2, -0.15) is 0 Å². The van der Waals surface area contributed by atoms with Gasteiger partial charge in [0.25, 0.3) is 0 Å². The summed E-state index contributed by atoms with van der Waals surface area (Å²) in [6.45, 7) is 8.07. The second-order valence-electron chi connectivity index (χ2n) is 4.83. The second-order valence-corrected chi connectivity index (χ2v) is 6.03. The molecule has 2 unspecified atom stereocenters. The van der Waals surface area contributed by atoms with Crippen LogP contribution < -0.4 is 5.73 Å². The van der Waals surface area contributed by atoms with E-state index in [0.29, 0.717) is 5.92 Å². The van der Waals surface area contributed by atoms with Gasteiger partial charge in [-0.15, -0.1) is 11.3 Å². The lowest BCUT2D eigenvalue weighted by molar-refractivity contribution is 0.159. The van der Waals surface area contributed by atoms with Gasteiger partial charge in [0.2, 0.25) is 0 Å². The molecule has 0 amide bonds. The summed E-state index contributed by atoms with van der Waals surface area (Å²) in [5.74, 6) is 0.419. The zero-order valence-electron chi connectivity index (χ0n) is 11.0. The molecule has 0 aromatic carbocycles. The van der Waals surface area contributed by atoms with Crippen molar-refractivity contribution in [3.63, 3.8) is 0 Å². The number of nitrogens with two attached hydrogens (primary N) is 1. The average Bonchev–Trinajstić information content (AvgIpc) is 2.97. The molecule has 1 aromatic heterocycles. The van der Waals surface area contributed by atoms with E-state index < -0.39 is 0 Å². The monoisotopic (exact) mass is 254 g/mol. The van der Waals surface area contributed by atoms with Gasteiger partial charge in [-0.05, 0) is 26.2 Å². The molecule has 1 saturated heterocycles. The van der Waals surface area contributed by atoms with E-state index >= 15 is 0 Å². The second kappa shape index (κ2) is 5.04. The predicted octanol–water partition coefficient (Wildman–Crippen LogP) is 2.61. The number of aromatic nitrogens is 1. The van der Waals surface area contributed by atoms with Gasteiger partial charge in [-0.1, -0.05) is 13.8 Å². The van der Waals surface area contributed by atoms with Crippen LogP contribution in [0.15, 0.2) is 0 Å². The molecule has 4 heteroatoms. The van der Waals surface area contributed by atoms with Crippen LogP contribution in [0.3, 0.4) is 0 Å². The van der Waals surface area contributed by atoms with Crippen molar-refractivity contribution < 1.29 is 4.74 Å². The van der Waals surface area contributed by atoms with Crippen LogP contribution in [0.5, 0.6) is 0 Å². The minimum absolute atomic E-state index is 0.292. The molecule has 2 rings (SSSR count). The molecule has 17 heavy (non-hydrogen) atoms. The van der Waals surface area contributed by atoms with E-state index in [-0.39, 0.29) is 5.54 Å². The van der Waals surface area contributed by atoms with Gasteiger partial charge >= 0.3 is 0 Å². The van der Waals surface area contributed by atoms with Crippen molar-refractivity contribution in [2.24, 2.45) is 11.7 Å². The Kier molecular flexibility index (Phi) is 3.85. The molecule has 2 atom stereocenters. The van der Waals surface area contributed by atoms with Crippen LogP contribution in [0.4, 0.5) is 0 Å². The maximum absolute atomic E-state index is 6.63. The van der Waals surface area contributed by atoms with Crippen molar-refractivity contribution in [1.82, 2.24) is 4.98 Å². The largest absolute Gasteiger partial charge is 0.381 e. The summed E-state index contributed by atoms with van der Waals surface area (Å²) in [6.07, 6.45) is 2.98. The van der Waals surface area contributed by atoms with Crippen molar-refractivity contribution in [3.8, 4) is 0 Å². The lowest BCUT2D eigenvalue weighted by Gasteiger charge is -2.31. The first-order valence-electron chi connectivity index (χ1n) is 6.45. The Hall–Kier alpha value is -0.450. The molecule has 0 saturated carbocycles. The molecule has 0 bridgehead atoms. The van der Waals surface area contributed by atoms with Gasteiger partial charge in [0.1, 0.15) is 5.01 Å². The quantitative estimate of drug-likeness (QED) is 0.898. The van der Waals surface area contributed by atoms with Crippen molar-refractivity contribution in [3.05, 3.63) is 15.6 Å². The highest BCUT2D eigenvalue weighted by atomic mass is 32.1. The topological polar surface area (TPSA) is 48.1 Å². The third-order valence-corrected chi connectivity index (χ3v) is 5.08. The number of ether oxygens (including phenoxy) is 1. The van der Waals surface area contributed by atoms with Crippen LogP contribution in [0.2, 0.25) is 0 Å². The zero-order valence-corrected chi connectivity index (χ0v) is 11.8. The van der Waals surface area contributed by atoms with Crippen LogP contribution in [-0.2, 0) is 16.7 Å². The van der Waals surface area contributed by atoms with Gasteiger partial charge in [-0.3, -0.25) is 0 Å². The number of rotatable bonds is 4. The minimum atomic E-state index is -0.292. The smallest absolute Gasteiger partial charge is 0.113 e. The number of aryl methyl sites for hydroxylation is 2. The molecular weight excluding hydrogens is 232 g/mol. The standard InChI is InChI=1S/C13H22N2OS/c1-4-11-9(3)17-12(15-11)13(14,5-2)10-6-7-16-8-10/h10H,4-8,14H2,1-3H3. The number of hydrogen-bond acceptors (Lipinski definition) is 4. The van der Waals surface area contributed by atoms with Gasteiger partial charge in [0.15, 0.2) is 0 Å². The highest BCUT2D eigenvalue weighted by Gasteiger charge is 2.40.